The maximum Gasteiger partial charge on any atom is 0.306 e. The molecule has 144 valence electrons. The average Bonchev–Trinajstić information content (AvgIpc) is 3.08. The van der Waals surface area contributed by atoms with Crippen molar-refractivity contribution in [3.05, 3.63) is 45.9 Å². The van der Waals surface area contributed by atoms with Gasteiger partial charge >= 0.3 is 5.97 Å². The van der Waals surface area contributed by atoms with E-state index in [9.17, 15) is 14.4 Å². The number of hydrogen-bond donors (Lipinski definition) is 2. The molecule has 0 bridgehead atoms. The Morgan fingerprint density at radius 2 is 1.81 bits per heavy atom. The number of aryl methyl sites for hydroxylation is 2. The summed E-state index contributed by atoms with van der Waals surface area (Å²) in [5.74, 6) is -0.768. The normalized spacial score (nSPS) is 10.1. The van der Waals surface area contributed by atoms with E-state index in [1.54, 1.807) is 7.11 Å². The first-order valence-corrected chi connectivity index (χ1v) is 9.11. The van der Waals surface area contributed by atoms with Gasteiger partial charge in [-0.1, -0.05) is 12.1 Å². The molecular formula is C18H21N3O5S. The number of carbonyl (C=O) groups is 3. The van der Waals surface area contributed by atoms with Gasteiger partial charge < -0.3 is 9.47 Å². The molecule has 8 nitrogen and oxygen atoms in total. The molecule has 0 saturated carbocycles. The van der Waals surface area contributed by atoms with Crippen molar-refractivity contribution in [2.24, 2.45) is 0 Å². The lowest BCUT2D eigenvalue weighted by Crippen LogP contribution is -2.44. The van der Waals surface area contributed by atoms with Crippen molar-refractivity contribution >= 4 is 29.1 Å². The first-order valence-electron chi connectivity index (χ1n) is 8.23. The third-order valence-corrected chi connectivity index (χ3v) is 4.43. The van der Waals surface area contributed by atoms with Crippen LogP contribution in [-0.4, -0.2) is 36.5 Å². The largest absolute Gasteiger partial charge is 0.497 e. The van der Waals surface area contributed by atoms with Gasteiger partial charge in [-0.25, -0.2) is 4.98 Å². The Balaban J connectivity index is 1.61. The van der Waals surface area contributed by atoms with Crippen LogP contribution in [0.25, 0.3) is 0 Å². The fourth-order valence-electron chi connectivity index (χ4n) is 2.10. The van der Waals surface area contributed by atoms with Crippen LogP contribution in [0.5, 0.6) is 5.75 Å². The summed E-state index contributed by atoms with van der Waals surface area (Å²) < 4.78 is 9.95. The van der Waals surface area contributed by atoms with E-state index in [0.29, 0.717) is 11.4 Å². The molecule has 0 saturated heterocycles. The molecule has 1 aromatic heterocycles. The summed E-state index contributed by atoms with van der Waals surface area (Å²) >= 11 is 1.37. The van der Waals surface area contributed by atoms with Crippen LogP contribution in [0.1, 0.15) is 22.7 Å². The summed E-state index contributed by atoms with van der Waals surface area (Å²) in [7, 11) is 1.58. The smallest absolute Gasteiger partial charge is 0.306 e. The molecule has 1 heterocycles. The lowest BCUT2D eigenvalue weighted by Gasteiger charge is -2.08. The molecule has 0 atom stereocenters. The van der Waals surface area contributed by atoms with Crippen molar-refractivity contribution in [1.29, 1.82) is 0 Å². The van der Waals surface area contributed by atoms with Crippen molar-refractivity contribution < 1.29 is 23.9 Å². The van der Waals surface area contributed by atoms with Crippen LogP contribution in [0.3, 0.4) is 0 Å². The summed E-state index contributed by atoms with van der Waals surface area (Å²) in [6.07, 6.45) is 0.713. The first kappa shape index (κ1) is 20.4. The Labute approximate surface area is 160 Å². The number of nitrogens with zero attached hydrogens (tertiary/aromatic N) is 1. The van der Waals surface area contributed by atoms with Crippen LogP contribution in [-0.2, 0) is 32.0 Å². The summed E-state index contributed by atoms with van der Waals surface area (Å²) in [6.45, 7) is 1.38. The van der Waals surface area contributed by atoms with Crippen LogP contribution < -0.4 is 15.6 Å². The molecule has 2 amide bonds. The number of esters is 1. The fraction of sp³-hybridized carbons (Fsp3) is 0.333. The van der Waals surface area contributed by atoms with Crippen LogP contribution in [0.15, 0.2) is 29.6 Å². The average molecular weight is 391 g/mol. The SMILES string of the molecule is COc1ccc(CCC(=O)OCC(=O)NNC(=O)Cc2nc(C)cs2)cc1. The molecule has 0 aliphatic rings. The lowest BCUT2D eigenvalue weighted by molar-refractivity contribution is -0.149. The van der Waals surface area contributed by atoms with Crippen molar-refractivity contribution in [2.45, 2.75) is 26.2 Å². The van der Waals surface area contributed by atoms with Gasteiger partial charge in [0.05, 0.1) is 13.5 Å². The molecule has 27 heavy (non-hydrogen) atoms. The number of thiazole rings is 1. The van der Waals surface area contributed by atoms with Crippen molar-refractivity contribution in [3.63, 3.8) is 0 Å². The predicted molar refractivity (Wildman–Crippen MR) is 99.1 cm³/mol. The highest BCUT2D eigenvalue weighted by Gasteiger charge is 2.10. The van der Waals surface area contributed by atoms with E-state index in [1.807, 2.05) is 36.6 Å². The maximum absolute atomic E-state index is 11.7. The zero-order valence-electron chi connectivity index (χ0n) is 15.1. The van der Waals surface area contributed by atoms with Crippen LogP contribution in [0.2, 0.25) is 0 Å². The summed E-state index contributed by atoms with van der Waals surface area (Å²) in [4.78, 5) is 39.2. The fourth-order valence-corrected chi connectivity index (χ4v) is 2.87. The quantitative estimate of drug-likeness (QED) is 0.519. The highest BCUT2D eigenvalue weighted by molar-refractivity contribution is 7.09. The number of rotatable bonds is 8. The van der Waals surface area contributed by atoms with E-state index in [2.05, 4.69) is 15.8 Å². The van der Waals surface area contributed by atoms with Gasteiger partial charge in [-0.15, -0.1) is 11.3 Å². The molecule has 0 radical (unpaired) electrons. The monoisotopic (exact) mass is 391 g/mol. The minimum absolute atomic E-state index is 0.0699. The predicted octanol–water partition coefficient (Wildman–Crippen LogP) is 1.33. The molecule has 2 aromatic rings. The molecule has 2 N–H and O–H groups in total. The second-order valence-corrected chi connectivity index (χ2v) is 6.61. The van der Waals surface area contributed by atoms with E-state index in [-0.39, 0.29) is 12.8 Å². The number of benzene rings is 1. The number of amides is 2. The van der Waals surface area contributed by atoms with Crippen molar-refractivity contribution in [3.8, 4) is 5.75 Å². The number of hydrazine groups is 1. The van der Waals surface area contributed by atoms with E-state index in [1.165, 1.54) is 11.3 Å². The van der Waals surface area contributed by atoms with Gasteiger partial charge in [0.1, 0.15) is 10.8 Å². The van der Waals surface area contributed by atoms with Gasteiger partial charge in [-0.3, -0.25) is 25.2 Å². The number of hydrogen-bond acceptors (Lipinski definition) is 7. The molecule has 2 rings (SSSR count). The number of carbonyl (C=O) groups excluding carboxylic acids is 3. The minimum Gasteiger partial charge on any atom is -0.497 e. The molecule has 0 spiro atoms. The van der Waals surface area contributed by atoms with Gasteiger partial charge in [0.15, 0.2) is 6.61 Å². The van der Waals surface area contributed by atoms with Crippen molar-refractivity contribution in [2.75, 3.05) is 13.7 Å². The number of methoxy groups -OCH3 is 1. The van der Waals surface area contributed by atoms with Gasteiger partial charge in [0, 0.05) is 17.5 Å². The zero-order valence-corrected chi connectivity index (χ0v) is 15.9. The van der Waals surface area contributed by atoms with Gasteiger partial charge in [0.25, 0.3) is 5.91 Å². The maximum atomic E-state index is 11.7. The van der Waals surface area contributed by atoms with E-state index < -0.39 is 24.4 Å². The highest BCUT2D eigenvalue weighted by atomic mass is 32.1. The molecule has 0 aliphatic carbocycles. The zero-order chi connectivity index (χ0) is 19.6. The standard InChI is InChI=1S/C18H21N3O5S/c1-12-11-27-17(19-12)9-15(22)20-21-16(23)10-26-18(24)8-5-13-3-6-14(25-2)7-4-13/h3-4,6-7,11H,5,8-10H2,1-2H3,(H,20,22)(H,21,23). The summed E-state index contributed by atoms with van der Waals surface area (Å²) in [5, 5.41) is 2.50. The summed E-state index contributed by atoms with van der Waals surface area (Å²) in [6, 6.07) is 7.34. The first-order chi connectivity index (χ1) is 13.0. The Morgan fingerprint density at radius 3 is 2.44 bits per heavy atom. The van der Waals surface area contributed by atoms with Crippen LogP contribution in [0.4, 0.5) is 0 Å². The molecule has 0 unspecified atom stereocenters. The topological polar surface area (TPSA) is 107 Å². The minimum atomic E-state index is -0.614. The Hall–Kier alpha value is -2.94. The second-order valence-electron chi connectivity index (χ2n) is 5.66. The molecular weight excluding hydrogens is 370 g/mol. The number of aromatic nitrogens is 1. The van der Waals surface area contributed by atoms with Crippen molar-refractivity contribution in [1.82, 2.24) is 15.8 Å². The Kier molecular flexibility index (Phi) is 7.75. The van der Waals surface area contributed by atoms with E-state index in [0.717, 1.165) is 17.0 Å². The summed E-state index contributed by atoms with van der Waals surface area (Å²) in [5.41, 5.74) is 6.26. The third-order valence-electron chi connectivity index (χ3n) is 3.46. The van der Waals surface area contributed by atoms with Gasteiger partial charge in [-0.05, 0) is 31.0 Å². The second kappa shape index (κ2) is 10.3. The third kappa shape index (κ3) is 7.45. The molecule has 1 aromatic carbocycles. The van der Waals surface area contributed by atoms with Crippen LogP contribution in [0, 0.1) is 6.92 Å². The number of nitrogens with one attached hydrogen (secondary N) is 2. The van der Waals surface area contributed by atoms with E-state index in [4.69, 9.17) is 9.47 Å². The Morgan fingerprint density at radius 1 is 1.11 bits per heavy atom. The number of ether oxygens (including phenoxy) is 2. The molecule has 0 fully saturated rings. The molecule has 9 heteroatoms. The van der Waals surface area contributed by atoms with Gasteiger partial charge in [0.2, 0.25) is 5.91 Å². The van der Waals surface area contributed by atoms with E-state index >= 15 is 0 Å². The highest BCUT2D eigenvalue weighted by Crippen LogP contribution is 2.12. The molecule has 0 aliphatic heterocycles. The Bertz CT molecular complexity index is 789. The van der Waals surface area contributed by atoms with Gasteiger partial charge in [-0.2, -0.15) is 0 Å². The lowest BCUT2D eigenvalue weighted by atomic mass is 10.1. The van der Waals surface area contributed by atoms with Crippen LogP contribution >= 0.6 is 11.3 Å².